The molecule has 0 fully saturated rings. The molecule has 0 bridgehead atoms. The molecule has 0 aliphatic rings. The summed E-state index contributed by atoms with van der Waals surface area (Å²) in [7, 11) is 0. The minimum Gasteiger partial charge on any atom is -0.389 e. The second-order valence-corrected chi connectivity index (χ2v) is 9.41. The van der Waals surface area contributed by atoms with Crippen LogP contribution in [0.25, 0.3) is 22.2 Å². The Bertz CT molecular complexity index is 1340. The summed E-state index contributed by atoms with van der Waals surface area (Å²) in [6.45, 7) is 8.88. The molecule has 2 atom stereocenters. The second kappa shape index (κ2) is 10.8. The molecule has 0 saturated heterocycles. The monoisotopic (exact) mass is 492 g/mol. The fourth-order valence-electron chi connectivity index (χ4n) is 3.95. The highest BCUT2D eigenvalue weighted by molar-refractivity contribution is 6.14. The maximum absolute atomic E-state index is 14.4. The molecule has 1 aromatic carbocycles. The van der Waals surface area contributed by atoms with E-state index in [0.29, 0.717) is 16.9 Å². The van der Waals surface area contributed by atoms with Gasteiger partial charge in [-0.3, -0.25) is 4.79 Å². The van der Waals surface area contributed by atoms with Crippen molar-refractivity contribution in [3.63, 3.8) is 0 Å². The fraction of sp³-hybridized carbons (Fsp3) is 0.333. The van der Waals surface area contributed by atoms with Gasteiger partial charge in [0.15, 0.2) is 5.69 Å². The minimum absolute atomic E-state index is 0.0572. The van der Waals surface area contributed by atoms with Crippen LogP contribution in [-0.2, 0) is 0 Å². The Morgan fingerprint density at radius 1 is 1.39 bits per heavy atom. The summed E-state index contributed by atoms with van der Waals surface area (Å²) in [5, 5.41) is 26.7. The molecule has 2 heterocycles. The Hall–Kier alpha value is -3.85. The Balaban J connectivity index is 2.14. The van der Waals surface area contributed by atoms with E-state index in [0.717, 1.165) is 22.2 Å². The normalized spacial score (nSPS) is 14.2. The molecular weight excluding hydrogens is 459 g/mol. The van der Waals surface area contributed by atoms with Crippen molar-refractivity contribution in [1.82, 2.24) is 14.8 Å². The zero-order valence-electron chi connectivity index (χ0n) is 21.2. The number of aliphatic hydroxyl groups is 1. The van der Waals surface area contributed by atoms with Crippen molar-refractivity contribution in [3.05, 3.63) is 65.6 Å². The number of nitrogens with two attached hydrogens (primary N) is 1. The van der Waals surface area contributed by atoms with Gasteiger partial charge in [0.2, 0.25) is 0 Å². The summed E-state index contributed by atoms with van der Waals surface area (Å²) in [5.74, 6) is -1.11. The lowest BCUT2D eigenvalue weighted by Gasteiger charge is -2.20. The van der Waals surface area contributed by atoms with Crippen molar-refractivity contribution in [2.75, 3.05) is 11.9 Å². The number of anilines is 1. The molecule has 36 heavy (non-hydrogen) atoms. The van der Waals surface area contributed by atoms with E-state index in [-0.39, 0.29) is 12.2 Å². The van der Waals surface area contributed by atoms with Gasteiger partial charge in [-0.1, -0.05) is 37.3 Å². The highest BCUT2D eigenvalue weighted by Gasteiger charge is 2.20. The number of halogens is 1. The average molecular weight is 493 g/mol. The first-order valence-electron chi connectivity index (χ1n) is 11.7. The van der Waals surface area contributed by atoms with Crippen molar-refractivity contribution in [3.8, 4) is 5.69 Å². The number of nitrogens with one attached hydrogen (secondary N) is 2. The van der Waals surface area contributed by atoms with Crippen LogP contribution in [0, 0.1) is 18.3 Å². The zero-order chi connectivity index (χ0) is 26.6. The van der Waals surface area contributed by atoms with Crippen molar-refractivity contribution >= 4 is 34.3 Å². The smallest absolute Gasteiger partial charge is 0.269 e. The van der Waals surface area contributed by atoms with Gasteiger partial charge in [-0.25, -0.2) is 14.1 Å². The molecule has 0 saturated carbocycles. The number of nitrogens with zero attached hydrogens (tertiary/aromatic N) is 3. The summed E-state index contributed by atoms with van der Waals surface area (Å²) in [6.07, 6.45) is 6.51. The number of carbonyl (C=O) groups is 1. The van der Waals surface area contributed by atoms with E-state index in [2.05, 4.69) is 10.3 Å². The van der Waals surface area contributed by atoms with E-state index in [1.807, 2.05) is 25.1 Å². The molecule has 0 spiro atoms. The molecule has 8 nitrogen and oxygen atoms in total. The SMILES string of the molecule is CC=CC(F)C(C)/C=C(\C=N)c1cccc2c1c(C)nn2-c1cnc(C(N)=O)c(NCC(C)(C)O)c1. The van der Waals surface area contributed by atoms with Gasteiger partial charge >= 0.3 is 0 Å². The lowest BCUT2D eigenvalue weighted by molar-refractivity contribution is 0.0939. The van der Waals surface area contributed by atoms with E-state index < -0.39 is 23.6 Å². The standard InChI is InChI=1S/C27H33FN6O2/c1-6-8-21(28)16(2)11-18(13-29)20-9-7-10-23-24(20)17(3)33-34(23)19-12-22(32-15-27(4,5)36)25(26(30)35)31-14-19/h6-14,16,21,29,32,36H,15H2,1-5H3,(H2,30,35)/b8-6?,18-11+,29-13?. The number of aromatic nitrogens is 3. The molecule has 9 heteroatoms. The minimum atomic E-state index is -1.15. The first-order chi connectivity index (χ1) is 17.0. The highest BCUT2D eigenvalue weighted by atomic mass is 19.1. The van der Waals surface area contributed by atoms with Gasteiger partial charge in [-0.05, 0) is 51.0 Å². The van der Waals surface area contributed by atoms with Crippen LogP contribution in [0.15, 0.2) is 48.7 Å². The maximum atomic E-state index is 14.4. The number of fused-ring (bicyclic) bond motifs is 1. The summed E-state index contributed by atoms with van der Waals surface area (Å²) in [4.78, 5) is 16.2. The summed E-state index contributed by atoms with van der Waals surface area (Å²) >= 11 is 0. The van der Waals surface area contributed by atoms with E-state index in [9.17, 15) is 14.3 Å². The van der Waals surface area contributed by atoms with Gasteiger partial charge in [0, 0.05) is 24.1 Å². The third-order valence-electron chi connectivity index (χ3n) is 5.73. The number of hydrogen-bond acceptors (Lipinski definition) is 6. The average Bonchev–Trinajstić information content (AvgIpc) is 3.17. The van der Waals surface area contributed by atoms with Crippen LogP contribution in [0.2, 0.25) is 0 Å². The predicted octanol–water partition coefficient (Wildman–Crippen LogP) is 4.59. The molecule has 190 valence electrons. The Morgan fingerprint density at radius 3 is 2.72 bits per heavy atom. The van der Waals surface area contributed by atoms with Crippen LogP contribution in [0.1, 0.15) is 49.4 Å². The molecule has 2 aromatic heterocycles. The van der Waals surface area contributed by atoms with E-state index in [1.54, 1.807) is 50.6 Å². The van der Waals surface area contributed by atoms with Gasteiger partial charge in [-0.15, -0.1) is 0 Å². The Kier molecular flexibility index (Phi) is 8.04. The molecule has 3 rings (SSSR count). The Labute approximate surface area is 210 Å². The van der Waals surface area contributed by atoms with Crippen molar-refractivity contribution in [1.29, 1.82) is 5.41 Å². The quantitative estimate of drug-likeness (QED) is 0.243. The summed E-state index contributed by atoms with van der Waals surface area (Å²) in [5.41, 5.74) is 8.35. The number of pyridine rings is 1. The van der Waals surface area contributed by atoms with Crippen LogP contribution in [0.3, 0.4) is 0 Å². The van der Waals surface area contributed by atoms with Crippen molar-refractivity contribution < 1.29 is 14.3 Å². The summed E-state index contributed by atoms with van der Waals surface area (Å²) < 4.78 is 16.1. The molecule has 3 aromatic rings. The Morgan fingerprint density at radius 2 is 2.11 bits per heavy atom. The number of aryl methyl sites for hydroxylation is 1. The van der Waals surface area contributed by atoms with Crippen molar-refractivity contribution in [2.45, 2.75) is 46.4 Å². The lowest BCUT2D eigenvalue weighted by Crippen LogP contribution is -2.30. The largest absolute Gasteiger partial charge is 0.389 e. The van der Waals surface area contributed by atoms with Gasteiger partial charge in [0.05, 0.1) is 34.4 Å². The number of alkyl halides is 1. The number of carbonyl (C=O) groups excluding carboxylic acids is 1. The van der Waals surface area contributed by atoms with Crippen molar-refractivity contribution in [2.24, 2.45) is 11.7 Å². The van der Waals surface area contributed by atoms with Gasteiger partial charge in [-0.2, -0.15) is 5.10 Å². The van der Waals surface area contributed by atoms with E-state index in [1.165, 1.54) is 18.5 Å². The van der Waals surface area contributed by atoms with Gasteiger partial charge < -0.3 is 21.6 Å². The zero-order valence-corrected chi connectivity index (χ0v) is 21.2. The van der Waals surface area contributed by atoms with E-state index in [4.69, 9.17) is 16.2 Å². The lowest BCUT2D eigenvalue weighted by atomic mass is 9.95. The summed E-state index contributed by atoms with van der Waals surface area (Å²) in [6, 6.07) is 7.35. The van der Waals surface area contributed by atoms with E-state index >= 15 is 0 Å². The molecular formula is C27H33FN6O2. The molecule has 0 aliphatic heterocycles. The number of allylic oxidation sites excluding steroid dienone is 4. The molecule has 0 radical (unpaired) electrons. The molecule has 0 aliphatic carbocycles. The van der Waals surface area contributed by atoms with Crippen LogP contribution >= 0.6 is 0 Å². The predicted molar refractivity (Wildman–Crippen MR) is 143 cm³/mol. The molecule has 2 unspecified atom stereocenters. The number of benzene rings is 1. The first kappa shape index (κ1) is 26.7. The number of primary amides is 1. The van der Waals surface area contributed by atoms with Gasteiger partial charge in [0.25, 0.3) is 5.91 Å². The molecule has 1 amide bonds. The fourth-order valence-corrected chi connectivity index (χ4v) is 3.95. The van der Waals surface area contributed by atoms with Crippen LogP contribution in [-0.4, -0.2) is 50.3 Å². The maximum Gasteiger partial charge on any atom is 0.269 e. The van der Waals surface area contributed by atoms with Crippen LogP contribution in [0.4, 0.5) is 10.1 Å². The second-order valence-electron chi connectivity index (χ2n) is 9.41. The number of amides is 1. The molecule has 5 N–H and O–H groups in total. The number of rotatable bonds is 10. The number of hydrogen-bond donors (Lipinski definition) is 4. The topological polar surface area (TPSA) is 130 Å². The highest BCUT2D eigenvalue weighted by Crippen LogP contribution is 2.31. The van der Waals surface area contributed by atoms with Crippen LogP contribution in [0.5, 0.6) is 0 Å². The first-order valence-corrected chi connectivity index (χ1v) is 11.7. The van der Waals surface area contributed by atoms with Crippen LogP contribution < -0.4 is 11.1 Å². The third-order valence-corrected chi connectivity index (χ3v) is 5.73. The third kappa shape index (κ3) is 5.85. The van der Waals surface area contributed by atoms with Gasteiger partial charge in [0.1, 0.15) is 6.17 Å².